The van der Waals surface area contributed by atoms with Crippen LogP contribution in [0.25, 0.3) is 0 Å². The van der Waals surface area contributed by atoms with E-state index in [0.29, 0.717) is 30.7 Å². The third-order valence-electron chi connectivity index (χ3n) is 3.29. The summed E-state index contributed by atoms with van der Waals surface area (Å²) in [6, 6.07) is 0.292. The number of aliphatic hydroxyl groups is 1. The maximum Gasteiger partial charge on any atom is 0.334 e. The van der Waals surface area contributed by atoms with Crippen LogP contribution in [0.2, 0.25) is 0 Å². The first-order valence-corrected chi connectivity index (χ1v) is 6.38. The van der Waals surface area contributed by atoms with Crippen LogP contribution in [0.15, 0.2) is 12.2 Å². The second kappa shape index (κ2) is 7.45. The van der Waals surface area contributed by atoms with Gasteiger partial charge in [-0.2, -0.15) is 0 Å². The highest BCUT2D eigenvalue weighted by Crippen LogP contribution is 2.23. The minimum Gasteiger partial charge on any atom is -0.463 e. The van der Waals surface area contributed by atoms with Crippen molar-refractivity contribution in [1.29, 1.82) is 0 Å². The number of esters is 1. The molecule has 1 aliphatic carbocycles. The van der Waals surface area contributed by atoms with Crippen LogP contribution in [0.1, 0.15) is 32.6 Å². The molecule has 0 aromatic carbocycles. The fourth-order valence-electron chi connectivity index (χ4n) is 2.25. The Labute approximate surface area is 103 Å². The number of ether oxygens (including phenoxy) is 1. The van der Waals surface area contributed by atoms with E-state index in [0.717, 1.165) is 12.8 Å². The zero-order valence-electron chi connectivity index (χ0n) is 10.6. The molecule has 0 saturated heterocycles. The van der Waals surface area contributed by atoms with Crippen LogP contribution in [-0.2, 0) is 9.53 Å². The summed E-state index contributed by atoms with van der Waals surface area (Å²) in [7, 11) is 0. The second-order valence-electron chi connectivity index (χ2n) is 4.54. The van der Waals surface area contributed by atoms with Crippen LogP contribution in [0.5, 0.6) is 0 Å². The van der Waals surface area contributed by atoms with Gasteiger partial charge in [-0.1, -0.05) is 19.4 Å². The highest BCUT2D eigenvalue weighted by molar-refractivity contribution is 5.88. The Balaban J connectivity index is 2.33. The number of rotatable bonds is 6. The third-order valence-corrected chi connectivity index (χ3v) is 3.29. The number of nitrogens with one attached hydrogen (secondary N) is 1. The topological polar surface area (TPSA) is 58.6 Å². The first kappa shape index (κ1) is 14.2. The van der Waals surface area contributed by atoms with Gasteiger partial charge in [-0.3, -0.25) is 0 Å². The Morgan fingerprint density at radius 3 is 2.82 bits per heavy atom. The molecule has 0 aromatic heterocycles. The van der Waals surface area contributed by atoms with E-state index in [4.69, 9.17) is 4.74 Å². The third kappa shape index (κ3) is 4.48. The van der Waals surface area contributed by atoms with Crippen LogP contribution >= 0.6 is 0 Å². The van der Waals surface area contributed by atoms with Gasteiger partial charge in [0, 0.05) is 24.8 Å². The van der Waals surface area contributed by atoms with Gasteiger partial charge in [-0.05, 0) is 25.7 Å². The number of hydrogen-bond donors (Lipinski definition) is 2. The number of carbonyl (C=O) groups excluding carboxylic acids is 1. The number of hydrogen-bond acceptors (Lipinski definition) is 4. The maximum absolute atomic E-state index is 11.4. The average molecular weight is 241 g/mol. The summed E-state index contributed by atoms with van der Waals surface area (Å²) in [4.78, 5) is 11.4. The molecule has 1 saturated carbocycles. The summed E-state index contributed by atoms with van der Waals surface area (Å²) in [5.41, 5.74) is 0.453. The number of carbonyl (C=O) groups is 1. The Bertz CT molecular complexity index is 265. The summed E-state index contributed by atoms with van der Waals surface area (Å²) in [6.45, 7) is 6.52. The summed E-state index contributed by atoms with van der Waals surface area (Å²) in [6.07, 6.45) is 4.48. The van der Waals surface area contributed by atoms with Gasteiger partial charge >= 0.3 is 5.97 Å². The van der Waals surface area contributed by atoms with Crippen molar-refractivity contribution in [3.63, 3.8) is 0 Å². The minimum absolute atomic E-state index is 0.212. The van der Waals surface area contributed by atoms with E-state index in [-0.39, 0.29) is 12.6 Å². The first-order valence-electron chi connectivity index (χ1n) is 6.38. The van der Waals surface area contributed by atoms with Crippen LogP contribution < -0.4 is 5.32 Å². The monoisotopic (exact) mass is 241 g/mol. The van der Waals surface area contributed by atoms with Crippen molar-refractivity contribution in [2.45, 2.75) is 38.6 Å². The molecule has 0 amide bonds. The quantitative estimate of drug-likeness (QED) is 0.543. The van der Waals surface area contributed by atoms with E-state index in [2.05, 4.69) is 11.9 Å². The molecule has 2 atom stereocenters. The zero-order chi connectivity index (χ0) is 12.7. The lowest BCUT2D eigenvalue weighted by molar-refractivity contribution is -0.138. The molecule has 0 bridgehead atoms. The highest BCUT2D eigenvalue weighted by atomic mass is 16.5. The van der Waals surface area contributed by atoms with Crippen molar-refractivity contribution in [3.8, 4) is 0 Å². The maximum atomic E-state index is 11.4. The first-order chi connectivity index (χ1) is 8.19. The molecule has 17 heavy (non-hydrogen) atoms. The molecule has 1 aliphatic rings. The molecule has 0 aliphatic heterocycles. The van der Waals surface area contributed by atoms with Gasteiger partial charge in [-0.25, -0.2) is 4.79 Å². The molecule has 98 valence electrons. The predicted molar refractivity (Wildman–Crippen MR) is 66.6 cm³/mol. The Hall–Kier alpha value is -0.870. The van der Waals surface area contributed by atoms with E-state index < -0.39 is 0 Å². The standard InChI is InChI=1S/C13H23NO3/c1-3-17-13(16)10(2)8-14-12-7-5-4-6-11(12)9-15/h11-12,14-15H,2-9H2,1H3. The molecule has 0 aromatic rings. The lowest BCUT2D eigenvalue weighted by atomic mass is 9.85. The molecule has 1 fully saturated rings. The highest BCUT2D eigenvalue weighted by Gasteiger charge is 2.24. The molecule has 1 rings (SSSR count). The van der Waals surface area contributed by atoms with Crippen LogP contribution in [0.4, 0.5) is 0 Å². The Morgan fingerprint density at radius 2 is 2.18 bits per heavy atom. The molecule has 0 spiro atoms. The van der Waals surface area contributed by atoms with Crippen molar-refractivity contribution in [3.05, 3.63) is 12.2 Å². The summed E-state index contributed by atoms with van der Waals surface area (Å²) >= 11 is 0. The van der Waals surface area contributed by atoms with Crippen LogP contribution in [-0.4, -0.2) is 36.9 Å². The SMILES string of the molecule is C=C(CNC1CCCCC1CO)C(=O)OCC. The van der Waals surface area contributed by atoms with Crippen molar-refractivity contribution in [2.24, 2.45) is 5.92 Å². The van der Waals surface area contributed by atoms with Crippen molar-refractivity contribution < 1.29 is 14.6 Å². The largest absolute Gasteiger partial charge is 0.463 e. The lowest BCUT2D eigenvalue weighted by Gasteiger charge is -2.31. The van der Waals surface area contributed by atoms with Crippen molar-refractivity contribution >= 4 is 5.97 Å². The van der Waals surface area contributed by atoms with Crippen LogP contribution in [0.3, 0.4) is 0 Å². The second-order valence-corrected chi connectivity index (χ2v) is 4.54. The zero-order valence-corrected chi connectivity index (χ0v) is 10.6. The van der Waals surface area contributed by atoms with Crippen molar-refractivity contribution in [2.75, 3.05) is 19.8 Å². The molecule has 2 N–H and O–H groups in total. The minimum atomic E-state index is -0.337. The van der Waals surface area contributed by atoms with Crippen LogP contribution in [0, 0.1) is 5.92 Å². The molecular weight excluding hydrogens is 218 g/mol. The summed E-state index contributed by atoms with van der Waals surface area (Å²) < 4.78 is 4.87. The van der Waals surface area contributed by atoms with Gasteiger partial charge < -0.3 is 15.2 Å². The smallest absolute Gasteiger partial charge is 0.334 e. The molecular formula is C13H23NO3. The molecule has 4 heteroatoms. The molecule has 4 nitrogen and oxygen atoms in total. The number of aliphatic hydroxyl groups excluding tert-OH is 1. The fraction of sp³-hybridized carbons (Fsp3) is 0.769. The van der Waals surface area contributed by atoms with Gasteiger partial charge in [0.05, 0.1) is 6.61 Å². The normalized spacial score (nSPS) is 24.4. The van der Waals surface area contributed by atoms with Gasteiger partial charge in [0.2, 0.25) is 0 Å². The van der Waals surface area contributed by atoms with E-state index >= 15 is 0 Å². The van der Waals surface area contributed by atoms with Gasteiger partial charge in [-0.15, -0.1) is 0 Å². The fourth-order valence-corrected chi connectivity index (χ4v) is 2.25. The summed E-state index contributed by atoms with van der Waals surface area (Å²) in [5, 5.41) is 12.6. The van der Waals surface area contributed by atoms with E-state index in [1.54, 1.807) is 6.92 Å². The summed E-state index contributed by atoms with van der Waals surface area (Å²) in [5.74, 6) is -0.0323. The Kier molecular flexibility index (Phi) is 6.22. The van der Waals surface area contributed by atoms with Gasteiger partial charge in [0.1, 0.15) is 0 Å². The molecule has 0 heterocycles. The molecule has 2 unspecified atom stereocenters. The van der Waals surface area contributed by atoms with Crippen molar-refractivity contribution in [1.82, 2.24) is 5.32 Å². The van der Waals surface area contributed by atoms with E-state index in [1.807, 2.05) is 0 Å². The average Bonchev–Trinajstić information content (AvgIpc) is 2.36. The predicted octanol–water partition coefficient (Wildman–Crippen LogP) is 1.25. The Morgan fingerprint density at radius 1 is 1.47 bits per heavy atom. The van der Waals surface area contributed by atoms with Gasteiger partial charge in [0.25, 0.3) is 0 Å². The van der Waals surface area contributed by atoms with Gasteiger partial charge in [0.15, 0.2) is 0 Å². The lowest BCUT2D eigenvalue weighted by Crippen LogP contribution is -2.41. The molecule has 0 radical (unpaired) electrons. The van der Waals surface area contributed by atoms with E-state index in [9.17, 15) is 9.90 Å². The van der Waals surface area contributed by atoms with E-state index in [1.165, 1.54) is 12.8 Å².